The van der Waals surface area contributed by atoms with Crippen LogP contribution in [0.2, 0.25) is 5.02 Å². The fraction of sp³-hybridized carbons (Fsp3) is 0.455. The molecule has 0 radical (unpaired) electrons. The van der Waals surface area contributed by atoms with Gasteiger partial charge in [0.1, 0.15) is 0 Å². The average molecular weight is 265 g/mol. The number of hydrogen-bond donors (Lipinski definition) is 1. The molecule has 16 heavy (non-hydrogen) atoms. The van der Waals surface area contributed by atoms with Gasteiger partial charge in [0.05, 0.1) is 0 Å². The third-order valence-corrected chi connectivity index (χ3v) is 5.67. The second-order valence-electron chi connectivity index (χ2n) is 3.62. The molecule has 0 aliphatic rings. The van der Waals surface area contributed by atoms with Crippen molar-refractivity contribution < 1.29 is 13.9 Å². The molecule has 0 saturated carbocycles. The van der Waals surface area contributed by atoms with Gasteiger partial charge in [-0.2, -0.15) is 0 Å². The molecule has 0 bridgehead atoms. The Hall–Kier alpha value is -0.180. The Morgan fingerprint density at radius 3 is 2.25 bits per heavy atom. The molecule has 1 aromatic carbocycles. The topological polar surface area (TPSA) is 38.7 Å². The zero-order valence-electron chi connectivity index (χ0n) is 9.81. The van der Waals surface area contributed by atoms with Crippen molar-refractivity contribution in [2.24, 2.45) is 0 Å². The zero-order valence-corrected chi connectivity index (χ0v) is 11.5. The van der Waals surface area contributed by atoms with Crippen LogP contribution in [0.5, 0.6) is 0 Å². The third kappa shape index (κ3) is 2.93. The summed E-state index contributed by atoms with van der Waals surface area (Å²) < 4.78 is 11.0. The van der Waals surface area contributed by atoms with Crippen LogP contribution >= 0.6 is 18.9 Å². The summed E-state index contributed by atoms with van der Waals surface area (Å²) in [4.78, 5) is 10.7. The van der Waals surface area contributed by atoms with E-state index in [0.29, 0.717) is 23.5 Å². The molecule has 1 aromatic rings. The van der Waals surface area contributed by atoms with Crippen LogP contribution < -0.4 is 5.30 Å². The van der Waals surface area contributed by atoms with Crippen molar-refractivity contribution in [2.45, 2.75) is 13.8 Å². The molecule has 0 spiro atoms. The molecule has 0 aliphatic carbocycles. The Kier molecular flexibility index (Phi) is 4.33. The summed E-state index contributed by atoms with van der Waals surface area (Å²) in [6.07, 6.45) is 0. The molecule has 0 atom stereocenters. The Bertz CT molecular complexity index is 358. The molecular weight excluding hydrogens is 247 g/mol. The van der Waals surface area contributed by atoms with E-state index in [4.69, 9.17) is 20.6 Å². The summed E-state index contributed by atoms with van der Waals surface area (Å²) in [6, 6.07) is 6.98. The van der Waals surface area contributed by atoms with Crippen LogP contribution in [0.25, 0.3) is 0 Å². The number of halogens is 1. The van der Waals surface area contributed by atoms with Crippen molar-refractivity contribution in [1.29, 1.82) is 0 Å². The standard InChI is InChI=1S/C11H18ClO3P/c1-4-14-16(3,13,15-5-2)11-8-6-7-10(12)9-11/h6-9,13H,4-5H2,1-3H3. The SMILES string of the molecule is CCOP(C)(O)(OCC)c1cccc(Cl)c1. The first kappa shape index (κ1) is 13.9. The van der Waals surface area contributed by atoms with Crippen molar-refractivity contribution in [3.8, 4) is 0 Å². The Morgan fingerprint density at radius 1 is 1.25 bits per heavy atom. The van der Waals surface area contributed by atoms with E-state index in [9.17, 15) is 4.89 Å². The molecule has 1 rings (SSSR count). The molecule has 3 nitrogen and oxygen atoms in total. The van der Waals surface area contributed by atoms with Gasteiger partial charge in [-0.05, 0) is 0 Å². The summed E-state index contributed by atoms with van der Waals surface area (Å²) in [5, 5.41) is 1.17. The number of rotatable bonds is 5. The van der Waals surface area contributed by atoms with Crippen LogP contribution in [0.1, 0.15) is 13.8 Å². The van der Waals surface area contributed by atoms with Crippen LogP contribution in [0.3, 0.4) is 0 Å². The molecule has 0 unspecified atom stereocenters. The van der Waals surface area contributed by atoms with E-state index in [1.165, 1.54) is 0 Å². The predicted molar refractivity (Wildman–Crippen MR) is 69.4 cm³/mol. The molecule has 92 valence electrons. The fourth-order valence-corrected chi connectivity index (χ4v) is 4.30. The Labute approximate surface area is 102 Å². The summed E-state index contributed by atoms with van der Waals surface area (Å²) >= 11 is 5.91. The van der Waals surface area contributed by atoms with Gasteiger partial charge in [-0.15, -0.1) is 0 Å². The van der Waals surface area contributed by atoms with Crippen LogP contribution in [0, 0.1) is 0 Å². The van der Waals surface area contributed by atoms with Gasteiger partial charge >= 0.3 is 101 Å². The van der Waals surface area contributed by atoms with Gasteiger partial charge in [0.25, 0.3) is 0 Å². The maximum atomic E-state index is 10.7. The summed E-state index contributed by atoms with van der Waals surface area (Å²) in [6.45, 7) is 6.04. The predicted octanol–water partition coefficient (Wildman–Crippen LogP) is 2.96. The molecule has 5 heteroatoms. The van der Waals surface area contributed by atoms with Crippen LogP contribution in [0.4, 0.5) is 0 Å². The van der Waals surface area contributed by atoms with Crippen molar-refractivity contribution in [3.63, 3.8) is 0 Å². The first-order valence-corrected chi connectivity index (χ1v) is 8.09. The molecule has 0 fully saturated rings. The van der Waals surface area contributed by atoms with E-state index in [1.807, 2.05) is 13.8 Å². The minimum atomic E-state index is -3.72. The Morgan fingerprint density at radius 2 is 1.81 bits per heavy atom. The minimum absolute atomic E-state index is 0.386. The van der Waals surface area contributed by atoms with Crippen LogP contribution in [-0.2, 0) is 9.05 Å². The van der Waals surface area contributed by atoms with Gasteiger partial charge < -0.3 is 0 Å². The van der Waals surface area contributed by atoms with E-state index in [2.05, 4.69) is 0 Å². The quantitative estimate of drug-likeness (QED) is 0.831. The molecule has 0 aliphatic heterocycles. The summed E-state index contributed by atoms with van der Waals surface area (Å²) in [5.74, 6) is 0. The summed E-state index contributed by atoms with van der Waals surface area (Å²) in [7, 11) is -3.72. The van der Waals surface area contributed by atoms with Crippen molar-refractivity contribution in [2.75, 3.05) is 19.9 Å². The second-order valence-corrected chi connectivity index (χ2v) is 7.71. The van der Waals surface area contributed by atoms with Gasteiger partial charge in [0.2, 0.25) is 0 Å². The van der Waals surface area contributed by atoms with E-state index < -0.39 is 7.28 Å². The van der Waals surface area contributed by atoms with E-state index in [0.717, 1.165) is 0 Å². The van der Waals surface area contributed by atoms with Gasteiger partial charge in [-0.25, -0.2) is 0 Å². The third-order valence-electron chi connectivity index (χ3n) is 2.26. The fourth-order valence-electron chi connectivity index (χ4n) is 1.59. The first-order chi connectivity index (χ1) is 7.41. The number of hydrogen-bond acceptors (Lipinski definition) is 3. The summed E-state index contributed by atoms with van der Waals surface area (Å²) in [5.41, 5.74) is 0. The van der Waals surface area contributed by atoms with Gasteiger partial charge in [0.15, 0.2) is 0 Å². The first-order valence-electron chi connectivity index (χ1n) is 5.24. The second kappa shape index (κ2) is 4.99. The molecule has 0 saturated heterocycles. The van der Waals surface area contributed by atoms with Gasteiger partial charge in [0, 0.05) is 0 Å². The van der Waals surface area contributed by atoms with Crippen molar-refractivity contribution in [1.82, 2.24) is 0 Å². The number of benzene rings is 1. The Balaban J connectivity index is 3.20. The molecular formula is C11H18ClO3P. The van der Waals surface area contributed by atoms with Gasteiger partial charge in [-0.1, -0.05) is 0 Å². The maximum absolute atomic E-state index is 10.7. The van der Waals surface area contributed by atoms with Gasteiger partial charge in [-0.3, -0.25) is 0 Å². The van der Waals surface area contributed by atoms with Crippen molar-refractivity contribution >= 4 is 24.2 Å². The van der Waals surface area contributed by atoms with E-state index in [-0.39, 0.29) is 0 Å². The molecule has 0 aromatic heterocycles. The van der Waals surface area contributed by atoms with Crippen molar-refractivity contribution in [3.05, 3.63) is 29.3 Å². The average Bonchev–Trinajstić information content (AvgIpc) is 2.18. The molecule has 0 amide bonds. The molecule has 0 heterocycles. The van der Waals surface area contributed by atoms with E-state index in [1.54, 1.807) is 30.9 Å². The van der Waals surface area contributed by atoms with E-state index >= 15 is 0 Å². The van der Waals surface area contributed by atoms with Crippen LogP contribution in [-0.4, -0.2) is 24.8 Å². The van der Waals surface area contributed by atoms with Crippen LogP contribution in [0.15, 0.2) is 24.3 Å². The monoisotopic (exact) mass is 264 g/mol. The molecule has 1 N–H and O–H groups in total. The normalized spacial score (nSPS) is 14.4. The zero-order chi connectivity index (χ0) is 12.3.